The largest absolute Gasteiger partial charge is 0.496 e. The van der Waals surface area contributed by atoms with E-state index in [0.717, 1.165) is 28.9 Å². The van der Waals surface area contributed by atoms with Gasteiger partial charge in [0.2, 0.25) is 0 Å². The minimum absolute atomic E-state index is 0.0795. The Bertz CT molecular complexity index is 1210. The van der Waals surface area contributed by atoms with Gasteiger partial charge in [-0.05, 0) is 36.4 Å². The van der Waals surface area contributed by atoms with Crippen LogP contribution < -0.4 is 4.74 Å². The average molecular weight is 464 g/mol. The molecular weight excluding hydrogens is 451 g/mol. The van der Waals surface area contributed by atoms with Crippen LogP contribution in [0, 0.1) is 29.1 Å². The molecule has 1 unspecified atom stereocenters. The molecule has 1 heterocycles. The fraction of sp³-hybridized carbons (Fsp3) is 0.0909. The number of thioether (sulfide) groups is 1. The molecule has 3 aromatic carbocycles. The monoisotopic (exact) mass is 464 g/mol. The van der Waals surface area contributed by atoms with Crippen molar-refractivity contribution >= 4 is 22.7 Å². The Morgan fingerprint density at radius 3 is 2.16 bits per heavy atom. The maximum absolute atomic E-state index is 14.3. The van der Waals surface area contributed by atoms with Crippen LogP contribution in [0.25, 0.3) is 0 Å². The van der Waals surface area contributed by atoms with E-state index in [-0.39, 0.29) is 10.8 Å². The summed E-state index contributed by atoms with van der Waals surface area (Å²) in [5.41, 5.74) is -0.254. The molecule has 0 N–H and O–H groups in total. The summed E-state index contributed by atoms with van der Waals surface area (Å²) >= 11 is 1.02. The van der Waals surface area contributed by atoms with Crippen LogP contribution in [-0.4, -0.2) is 23.1 Å². The van der Waals surface area contributed by atoms with E-state index in [1.807, 2.05) is 0 Å². The molecule has 32 heavy (non-hydrogen) atoms. The molecule has 1 aliphatic heterocycles. The molecule has 0 aromatic heterocycles. The molecule has 0 fully saturated rings. The Kier molecular flexibility index (Phi) is 5.88. The van der Waals surface area contributed by atoms with Gasteiger partial charge in [0, 0.05) is 29.3 Å². The number of ether oxygens (including phenoxy) is 1. The molecule has 0 spiro atoms. The van der Waals surface area contributed by atoms with Crippen molar-refractivity contribution in [1.82, 2.24) is 5.01 Å². The number of methoxy groups -OCH3 is 1. The van der Waals surface area contributed by atoms with Gasteiger partial charge in [0.05, 0.1) is 7.11 Å². The predicted octanol–water partition coefficient (Wildman–Crippen LogP) is 5.64. The molecule has 10 heteroatoms. The van der Waals surface area contributed by atoms with E-state index in [9.17, 15) is 26.7 Å². The Hall–Kier alpha value is -3.40. The van der Waals surface area contributed by atoms with Gasteiger partial charge in [-0.3, -0.25) is 4.79 Å². The van der Waals surface area contributed by atoms with Gasteiger partial charge < -0.3 is 4.74 Å². The minimum Gasteiger partial charge on any atom is -0.496 e. The molecule has 0 saturated carbocycles. The normalized spacial score (nSPS) is 15.6. The molecule has 0 bridgehead atoms. The van der Waals surface area contributed by atoms with Crippen LogP contribution in [0.1, 0.15) is 26.9 Å². The van der Waals surface area contributed by atoms with Gasteiger partial charge in [0.1, 0.15) is 50.8 Å². The predicted molar refractivity (Wildman–Crippen MR) is 109 cm³/mol. The third kappa shape index (κ3) is 4.05. The summed E-state index contributed by atoms with van der Waals surface area (Å²) < 4.78 is 74.2. The van der Waals surface area contributed by atoms with Crippen LogP contribution in [-0.2, 0) is 0 Å². The van der Waals surface area contributed by atoms with Crippen LogP contribution in [0.15, 0.2) is 59.7 Å². The number of hydrogen-bond acceptors (Lipinski definition) is 4. The minimum atomic E-state index is -1.40. The molecule has 1 aliphatic rings. The molecular formula is C22H13F5N2O2S. The third-order valence-electron chi connectivity index (χ3n) is 4.63. The third-order valence-corrected chi connectivity index (χ3v) is 5.84. The van der Waals surface area contributed by atoms with Crippen molar-refractivity contribution in [3.63, 3.8) is 0 Å². The molecule has 3 aromatic rings. The SMILES string of the molecule is COc1cc(F)ccc1C1SC(c2ccc(F)cc2)=NN1C(=O)c1c(F)cc(F)cc1F. The van der Waals surface area contributed by atoms with Gasteiger partial charge in [0.15, 0.2) is 0 Å². The van der Waals surface area contributed by atoms with Crippen LogP contribution in [0.5, 0.6) is 5.75 Å². The molecule has 0 radical (unpaired) electrons. The van der Waals surface area contributed by atoms with Crippen molar-refractivity contribution in [2.45, 2.75) is 5.37 Å². The highest BCUT2D eigenvalue weighted by atomic mass is 32.2. The summed E-state index contributed by atoms with van der Waals surface area (Å²) in [5.74, 6) is -6.16. The maximum atomic E-state index is 14.3. The lowest BCUT2D eigenvalue weighted by atomic mass is 10.1. The zero-order chi connectivity index (χ0) is 23.0. The van der Waals surface area contributed by atoms with Crippen molar-refractivity contribution in [2.24, 2.45) is 5.10 Å². The summed E-state index contributed by atoms with van der Waals surface area (Å²) in [6.07, 6.45) is 0. The van der Waals surface area contributed by atoms with E-state index in [1.54, 1.807) is 0 Å². The van der Waals surface area contributed by atoms with Crippen molar-refractivity contribution in [1.29, 1.82) is 0 Å². The van der Waals surface area contributed by atoms with E-state index < -0.39 is 45.9 Å². The number of benzene rings is 3. The lowest BCUT2D eigenvalue weighted by molar-refractivity contribution is 0.0738. The lowest BCUT2D eigenvalue weighted by Crippen LogP contribution is -2.28. The molecule has 0 saturated heterocycles. The van der Waals surface area contributed by atoms with Gasteiger partial charge in [-0.25, -0.2) is 27.0 Å². The first-order valence-corrected chi connectivity index (χ1v) is 9.99. The summed E-state index contributed by atoms with van der Waals surface area (Å²) in [5, 5.41) is 4.24. The zero-order valence-corrected chi connectivity index (χ0v) is 17.1. The van der Waals surface area contributed by atoms with E-state index in [4.69, 9.17) is 4.74 Å². The number of hydrogen-bond donors (Lipinski definition) is 0. The van der Waals surface area contributed by atoms with E-state index >= 15 is 0 Å². The quantitative estimate of drug-likeness (QED) is 0.470. The number of amides is 1. The van der Waals surface area contributed by atoms with E-state index in [1.165, 1.54) is 37.4 Å². The Labute approximate surface area is 183 Å². The number of halogens is 5. The fourth-order valence-corrected chi connectivity index (χ4v) is 4.33. The van der Waals surface area contributed by atoms with Gasteiger partial charge >= 0.3 is 0 Å². The second-order valence-corrected chi connectivity index (χ2v) is 7.73. The molecule has 4 nitrogen and oxygen atoms in total. The molecule has 1 atom stereocenters. The van der Waals surface area contributed by atoms with Gasteiger partial charge in [-0.15, -0.1) is 0 Å². The van der Waals surface area contributed by atoms with Gasteiger partial charge in [0.25, 0.3) is 5.91 Å². The molecule has 164 valence electrons. The number of rotatable bonds is 4. The first kappa shape index (κ1) is 21.8. The van der Waals surface area contributed by atoms with Crippen molar-refractivity contribution in [2.75, 3.05) is 7.11 Å². The standard InChI is InChI=1S/C22H13F5N2O2S/c1-31-18-10-13(24)6-7-15(18)22-29(21(30)19-16(26)8-14(25)9-17(19)27)28-20(32-22)11-2-4-12(23)5-3-11/h2-10,22H,1H3. The van der Waals surface area contributed by atoms with Crippen molar-refractivity contribution < 1.29 is 31.5 Å². The number of nitrogens with zero attached hydrogens (tertiary/aromatic N) is 2. The van der Waals surface area contributed by atoms with Gasteiger partial charge in [-0.1, -0.05) is 11.8 Å². The number of carbonyl (C=O) groups is 1. The second kappa shape index (κ2) is 8.62. The summed E-state index contributed by atoms with van der Waals surface area (Å²) in [6.45, 7) is 0. The Balaban J connectivity index is 1.82. The Morgan fingerprint density at radius 2 is 1.53 bits per heavy atom. The highest BCUT2D eigenvalue weighted by molar-refractivity contribution is 8.14. The van der Waals surface area contributed by atoms with E-state index in [0.29, 0.717) is 23.3 Å². The average Bonchev–Trinajstić information content (AvgIpc) is 3.18. The molecule has 4 rings (SSSR count). The molecule has 1 amide bonds. The highest BCUT2D eigenvalue weighted by Crippen LogP contribution is 2.45. The summed E-state index contributed by atoms with van der Waals surface area (Å²) in [4.78, 5) is 13.1. The zero-order valence-electron chi connectivity index (χ0n) is 16.3. The fourth-order valence-electron chi connectivity index (χ4n) is 3.14. The van der Waals surface area contributed by atoms with Crippen LogP contribution in [0.2, 0.25) is 0 Å². The maximum Gasteiger partial charge on any atom is 0.281 e. The van der Waals surface area contributed by atoms with E-state index in [2.05, 4.69) is 5.10 Å². The Morgan fingerprint density at radius 1 is 0.906 bits per heavy atom. The number of hydrazone groups is 1. The van der Waals surface area contributed by atoms with Crippen LogP contribution >= 0.6 is 11.8 Å². The highest BCUT2D eigenvalue weighted by Gasteiger charge is 2.38. The summed E-state index contributed by atoms with van der Waals surface area (Å²) in [6, 6.07) is 9.58. The van der Waals surface area contributed by atoms with Crippen molar-refractivity contribution in [3.05, 3.63) is 100 Å². The first-order valence-electron chi connectivity index (χ1n) is 9.11. The van der Waals surface area contributed by atoms with Gasteiger partial charge in [-0.2, -0.15) is 5.10 Å². The summed E-state index contributed by atoms with van der Waals surface area (Å²) in [7, 11) is 1.30. The van der Waals surface area contributed by atoms with Crippen molar-refractivity contribution in [3.8, 4) is 5.75 Å². The smallest absolute Gasteiger partial charge is 0.281 e. The first-order chi connectivity index (χ1) is 15.3. The van der Waals surface area contributed by atoms with Crippen LogP contribution in [0.3, 0.4) is 0 Å². The van der Waals surface area contributed by atoms with Crippen LogP contribution in [0.4, 0.5) is 22.0 Å². The topological polar surface area (TPSA) is 41.9 Å². The number of carbonyl (C=O) groups excluding carboxylic acids is 1. The second-order valence-electron chi connectivity index (χ2n) is 6.66. The lowest BCUT2D eigenvalue weighted by Gasteiger charge is -2.23. The molecule has 0 aliphatic carbocycles.